The van der Waals surface area contributed by atoms with E-state index in [1.54, 1.807) is 11.3 Å². The van der Waals surface area contributed by atoms with Crippen molar-refractivity contribution in [2.75, 3.05) is 0 Å². The highest BCUT2D eigenvalue weighted by atomic mass is 32.1. The fraction of sp³-hybridized carbons (Fsp3) is 0.706. The molecule has 124 valence electrons. The molecular weight excluding hydrogens is 312 g/mol. The van der Waals surface area contributed by atoms with Gasteiger partial charge in [-0.3, -0.25) is 9.59 Å². The molecule has 0 radical (unpaired) electrons. The van der Waals surface area contributed by atoms with E-state index in [9.17, 15) is 9.59 Å². The Bertz CT molecular complexity index is 610. The number of fused-ring (bicyclic) bond motifs is 1. The molecule has 1 saturated heterocycles. The predicted octanol–water partition coefficient (Wildman–Crippen LogP) is 2.51. The monoisotopic (exact) mass is 334 g/mol. The Labute approximate surface area is 139 Å². The molecule has 2 heterocycles. The summed E-state index contributed by atoms with van der Waals surface area (Å²) in [5.74, 6) is -0.602. The molecule has 6 heteroatoms. The Balaban J connectivity index is 1.41. The van der Waals surface area contributed by atoms with Gasteiger partial charge >= 0.3 is 5.97 Å². The van der Waals surface area contributed by atoms with Gasteiger partial charge in [0.2, 0.25) is 5.91 Å². The molecule has 1 atom stereocenters. The summed E-state index contributed by atoms with van der Waals surface area (Å²) in [5.41, 5.74) is 0.695. The van der Waals surface area contributed by atoms with Crippen LogP contribution in [0.2, 0.25) is 0 Å². The van der Waals surface area contributed by atoms with Gasteiger partial charge in [0.25, 0.3) is 0 Å². The van der Waals surface area contributed by atoms with E-state index in [4.69, 9.17) is 4.74 Å². The maximum atomic E-state index is 12.6. The van der Waals surface area contributed by atoms with Crippen molar-refractivity contribution in [3.05, 3.63) is 15.6 Å². The van der Waals surface area contributed by atoms with Crippen LogP contribution in [0.15, 0.2) is 0 Å². The standard InChI is InChI=1S/C17H22N2O3S/c20-15-9-11(17(22-15)7-3-4-8-17)16(21)18-10-14-19-12-5-1-2-6-13(12)23-14/h11H,1-10H2,(H,18,21)/t11-/m1/s1. The topological polar surface area (TPSA) is 68.3 Å². The second-order valence-electron chi connectivity index (χ2n) is 6.91. The van der Waals surface area contributed by atoms with Crippen molar-refractivity contribution in [3.63, 3.8) is 0 Å². The van der Waals surface area contributed by atoms with E-state index in [2.05, 4.69) is 10.3 Å². The van der Waals surface area contributed by atoms with Crippen LogP contribution in [0.5, 0.6) is 0 Å². The van der Waals surface area contributed by atoms with Crippen molar-refractivity contribution in [3.8, 4) is 0 Å². The molecule has 1 aromatic heterocycles. The zero-order chi connectivity index (χ0) is 15.9. The Morgan fingerprint density at radius 2 is 2.04 bits per heavy atom. The number of carbonyl (C=O) groups excluding carboxylic acids is 2. The zero-order valence-corrected chi connectivity index (χ0v) is 14.0. The molecule has 0 unspecified atom stereocenters. The number of esters is 1. The van der Waals surface area contributed by atoms with Crippen molar-refractivity contribution in [1.29, 1.82) is 0 Å². The number of aromatic nitrogens is 1. The molecule has 4 rings (SSSR count). The van der Waals surface area contributed by atoms with Gasteiger partial charge in [-0.25, -0.2) is 4.98 Å². The molecule has 1 amide bonds. The van der Waals surface area contributed by atoms with Crippen LogP contribution in [0.3, 0.4) is 0 Å². The summed E-state index contributed by atoms with van der Waals surface area (Å²) < 4.78 is 5.55. The summed E-state index contributed by atoms with van der Waals surface area (Å²) in [7, 11) is 0. The van der Waals surface area contributed by atoms with Crippen LogP contribution in [-0.4, -0.2) is 22.5 Å². The smallest absolute Gasteiger partial charge is 0.307 e. The zero-order valence-electron chi connectivity index (χ0n) is 13.2. The van der Waals surface area contributed by atoms with Crippen LogP contribution in [0, 0.1) is 5.92 Å². The number of nitrogens with one attached hydrogen (secondary N) is 1. The van der Waals surface area contributed by atoms with E-state index in [-0.39, 0.29) is 24.2 Å². The van der Waals surface area contributed by atoms with Gasteiger partial charge in [-0.15, -0.1) is 11.3 Å². The molecule has 1 aliphatic heterocycles. The van der Waals surface area contributed by atoms with Gasteiger partial charge in [-0.05, 0) is 51.4 Å². The number of hydrogen-bond donors (Lipinski definition) is 1. The number of amides is 1. The number of rotatable bonds is 3. The maximum Gasteiger partial charge on any atom is 0.307 e. The number of ether oxygens (including phenoxy) is 1. The first-order valence-corrected chi connectivity index (χ1v) is 9.45. The maximum absolute atomic E-state index is 12.6. The Morgan fingerprint density at radius 3 is 2.83 bits per heavy atom. The van der Waals surface area contributed by atoms with Gasteiger partial charge in [0.15, 0.2) is 0 Å². The van der Waals surface area contributed by atoms with Crippen LogP contribution >= 0.6 is 11.3 Å². The van der Waals surface area contributed by atoms with Crippen molar-refractivity contribution in [2.45, 2.75) is 69.9 Å². The molecular formula is C17H22N2O3S. The second kappa shape index (κ2) is 5.89. The minimum absolute atomic E-state index is 0.0501. The van der Waals surface area contributed by atoms with E-state index in [0.29, 0.717) is 6.54 Å². The predicted molar refractivity (Wildman–Crippen MR) is 86.0 cm³/mol. The molecule has 23 heavy (non-hydrogen) atoms. The molecule has 0 aromatic carbocycles. The van der Waals surface area contributed by atoms with Gasteiger partial charge in [-0.1, -0.05) is 0 Å². The minimum Gasteiger partial charge on any atom is -0.458 e. The van der Waals surface area contributed by atoms with Gasteiger partial charge in [0.1, 0.15) is 10.6 Å². The average molecular weight is 334 g/mol. The minimum atomic E-state index is -0.525. The molecule has 0 bridgehead atoms. The summed E-state index contributed by atoms with van der Waals surface area (Å²) in [5, 5.41) is 3.98. The first-order chi connectivity index (χ1) is 11.2. The third-order valence-corrected chi connectivity index (χ3v) is 6.55. The van der Waals surface area contributed by atoms with Crippen molar-refractivity contribution >= 4 is 23.2 Å². The normalized spacial score (nSPS) is 25.4. The van der Waals surface area contributed by atoms with E-state index >= 15 is 0 Å². The Hall–Kier alpha value is -1.43. The molecule has 1 aromatic rings. The second-order valence-corrected chi connectivity index (χ2v) is 8.07. The highest BCUT2D eigenvalue weighted by Gasteiger charge is 2.53. The summed E-state index contributed by atoms with van der Waals surface area (Å²) in [6, 6.07) is 0. The number of aryl methyl sites for hydroxylation is 2. The van der Waals surface area contributed by atoms with E-state index in [1.165, 1.54) is 23.4 Å². The van der Waals surface area contributed by atoms with E-state index in [1.807, 2.05) is 0 Å². The molecule has 2 aliphatic carbocycles. The quantitative estimate of drug-likeness (QED) is 0.863. The first-order valence-electron chi connectivity index (χ1n) is 8.63. The van der Waals surface area contributed by atoms with Gasteiger partial charge in [0.05, 0.1) is 24.6 Å². The molecule has 1 saturated carbocycles. The average Bonchev–Trinajstić information content (AvgIpc) is 3.24. The highest BCUT2D eigenvalue weighted by Crippen LogP contribution is 2.45. The van der Waals surface area contributed by atoms with Gasteiger partial charge < -0.3 is 10.1 Å². The van der Waals surface area contributed by atoms with E-state index < -0.39 is 5.60 Å². The van der Waals surface area contributed by atoms with Crippen LogP contribution in [0.4, 0.5) is 0 Å². The first kappa shape index (κ1) is 15.1. The van der Waals surface area contributed by atoms with Crippen LogP contribution in [-0.2, 0) is 33.7 Å². The van der Waals surface area contributed by atoms with E-state index in [0.717, 1.165) is 43.5 Å². The number of thiazole rings is 1. The number of carbonyl (C=O) groups is 2. The molecule has 1 spiro atoms. The number of hydrogen-bond acceptors (Lipinski definition) is 5. The van der Waals surface area contributed by atoms with Crippen molar-refractivity contribution in [1.82, 2.24) is 10.3 Å². The Kier molecular flexibility index (Phi) is 3.87. The summed E-state index contributed by atoms with van der Waals surface area (Å²) in [6.07, 6.45) is 8.58. The summed E-state index contributed by atoms with van der Waals surface area (Å²) >= 11 is 1.72. The molecule has 3 aliphatic rings. The van der Waals surface area contributed by atoms with Gasteiger partial charge in [-0.2, -0.15) is 0 Å². The highest BCUT2D eigenvalue weighted by molar-refractivity contribution is 7.11. The molecule has 1 N–H and O–H groups in total. The summed E-state index contributed by atoms with van der Waals surface area (Å²) in [6.45, 7) is 0.470. The third-order valence-electron chi connectivity index (χ3n) is 5.39. The summed E-state index contributed by atoms with van der Waals surface area (Å²) in [4.78, 5) is 30.4. The fourth-order valence-electron chi connectivity index (χ4n) is 4.21. The van der Waals surface area contributed by atoms with Crippen molar-refractivity contribution < 1.29 is 14.3 Å². The fourth-order valence-corrected chi connectivity index (χ4v) is 5.31. The lowest BCUT2D eigenvalue weighted by atomic mass is 9.85. The van der Waals surface area contributed by atoms with Crippen LogP contribution in [0.25, 0.3) is 0 Å². The van der Waals surface area contributed by atoms with Crippen LogP contribution < -0.4 is 5.32 Å². The largest absolute Gasteiger partial charge is 0.458 e. The van der Waals surface area contributed by atoms with Crippen molar-refractivity contribution in [2.24, 2.45) is 5.92 Å². The lowest BCUT2D eigenvalue weighted by Gasteiger charge is -2.27. The lowest BCUT2D eigenvalue weighted by Crippen LogP contribution is -2.42. The lowest BCUT2D eigenvalue weighted by molar-refractivity contribution is -0.149. The third kappa shape index (κ3) is 2.77. The molecule has 5 nitrogen and oxygen atoms in total. The number of nitrogens with zero attached hydrogens (tertiary/aromatic N) is 1. The van der Waals surface area contributed by atoms with Gasteiger partial charge in [0, 0.05) is 4.88 Å². The Morgan fingerprint density at radius 1 is 1.26 bits per heavy atom. The van der Waals surface area contributed by atoms with Crippen LogP contribution in [0.1, 0.15) is 60.5 Å². The SMILES string of the molecule is O=C1C[C@H](C(=O)NCc2nc3c(s2)CCCC3)C2(CCCC2)O1. The molecule has 2 fully saturated rings.